The van der Waals surface area contributed by atoms with Gasteiger partial charge in [-0.25, -0.2) is 18.8 Å². The zero-order valence-electron chi connectivity index (χ0n) is 25.4. The largest absolute Gasteiger partial charge is 0.465 e. The summed E-state index contributed by atoms with van der Waals surface area (Å²) in [5.74, 6) is -2.18. The van der Waals surface area contributed by atoms with Crippen molar-refractivity contribution in [2.24, 2.45) is 0 Å². The molecule has 1 fully saturated rings. The fourth-order valence-corrected chi connectivity index (χ4v) is 5.62. The van der Waals surface area contributed by atoms with Gasteiger partial charge in [0.05, 0.1) is 23.2 Å². The first-order valence-corrected chi connectivity index (χ1v) is 14.3. The van der Waals surface area contributed by atoms with Crippen LogP contribution >= 0.6 is 11.6 Å². The van der Waals surface area contributed by atoms with Gasteiger partial charge in [0.25, 0.3) is 5.56 Å². The highest BCUT2D eigenvalue weighted by Crippen LogP contribution is 2.47. The molecule has 1 aromatic heterocycles. The SMILES string of the molecule is COC(=O)c1c(-c2c(CC3(N(C)C(=O)OC(C)(C)C)CC3)ccc(Cl)c2F)cc(=O)n2c1CCC2C(=O)OC(C)(C)C. The highest BCUT2D eigenvalue weighted by atomic mass is 35.5. The Morgan fingerprint density at radius 3 is 2.26 bits per heavy atom. The first-order chi connectivity index (χ1) is 19.4. The zero-order chi connectivity index (χ0) is 31.4. The van der Waals surface area contributed by atoms with Crippen molar-refractivity contribution < 1.29 is 33.0 Å². The number of benzene rings is 1. The van der Waals surface area contributed by atoms with Crippen molar-refractivity contribution >= 4 is 29.6 Å². The summed E-state index contributed by atoms with van der Waals surface area (Å²) >= 11 is 6.24. The number of carbonyl (C=O) groups is 3. The van der Waals surface area contributed by atoms with Crippen molar-refractivity contribution in [3.8, 4) is 11.1 Å². The molecule has 2 heterocycles. The molecule has 11 heteroatoms. The molecule has 1 amide bonds. The lowest BCUT2D eigenvalue weighted by atomic mass is 9.90. The van der Waals surface area contributed by atoms with Gasteiger partial charge in [0.2, 0.25) is 0 Å². The standard InChI is InChI=1S/C31H38ClFN2O7/c1-29(2,3)41-26(37)21-12-11-20-24(27(38)40-8)18(15-22(36)35(20)21)23-17(9-10-19(32)25(23)33)16-31(13-14-31)34(7)28(39)42-30(4,5)6/h9-10,15,21H,11-14,16H2,1-8H3. The minimum Gasteiger partial charge on any atom is -0.465 e. The van der Waals surface area contributed by atoms with Crippen LogP contribution in [0.25, 0.3) is 11.1 Å². The van der Waals surface area contributed by atoms with E-state index in [4.69, 9.17) is 25.8 Å². The zero-order valence-corrected chi connectivity index (χ0v) is 26.1. The maximum atomic E-state index is 16.0. The average Bonchev–Trinajstić information content (AvgIpc) is 3.51. The number of hydrogen-bond donors (Lipinski definition) is 0. The summed E-state index contributed by atoms with van der Waals surface area (Å²) in [6.45, 7) is 10.5. The fraction of sp³-hybridized carbons (Fsp3) is 0.548. The number of amides is 1. The fourth-order valence-electron chi connectivity index (χ4n) is 5.47. The van der Waals surface area contributed by atoms with Crippen LogP contribution in [0, 0.1) is 5.82 Å². The topological polar surface area (TPSA) is 104 Å². The summed E-state index contributed by atoms with van der Waals surface area (Å²) in [5.41, 5.74) is -2.00. The van der Waals surface area contributed by atoms with E-state index in [9.17, 15) is 19.2 Å². The molecule has 1 unspecified atom stereocenters. The first-order valence-electron chi connectivity index (χ1n) is 13.9. The van der Waals surface area contributed by atoms with E-state index in [2.05, 4.69) is 0 Å². The number of carbonyl (C=O) groups excluding carboxylic acids is 3. The van der Waals surface area contributed by atoms with Crippen LogP contribution in [0.1, 0.15) is 88.5 Å². The van der Waals surface area contributed by atoms with E-state index in [1.807, 2.05) is 0 Å². The molecule has 2 aliphatic rings. The summed E-state index contributed by atoms with van der Waals surface area (Å²) in [7, 11) is 2.84. The van der Waals surface area contributed by atoms with Gasteiger partial charge < -0.3 is 19.1 Å². The summed E-state index contributed by atoms with van der Waals surface area (Å²) in [4.78, 5) is 54.2. The van der Waals surface area contributed by atoms with Crippen molar-refractivity contribution in [3.63, 3.8) is 0 Å². The molecule has 0 N–H and O–H groups in total. The van der Waals surface area contributed by atoms with Crippen LogP contribution < -0.4 is 5.56 Å². The number of aromatic nitrogens is 1. The number of nitrogens with zero attached hydrogens (tertiary/aromatic N) is 2. The molecule has 0 spiro atoms. The highest BCUT2D eigenvalue weighted by molar-refractivity contribution is 6.31. The monoisotopic (exact) mass is 604 g/mol. The second kappa shape index (κ2) is 11.0. The van der Waals surface area contributed by atoms with Gasteiger partial charge >= 0.3 is 18.0 Å². The van der Waals surface area contributed by atoms with E-state index in [0.717, 1.165) is 6.07 Å². The van der Waals surface area contributed by atoms with Crippen LogP contribution in [0.15, 0.2) is 23.0 Å². The Hall–Kier alpha value is -3.40. The van der Waals surface area contributed by atoms with Gasteiger partial charge in [0.15, 0.2) is 0 Å². The van der Waals surface area contributed by atoms with Crippen LogP contribution in [-0.4, -0.2) is 58.4 Å². The van der Waals surface area contributed by atoms with Gasteiger partial charge in [-0.05, 0) is 85.3 Å². The highest BCUT2D eigenvalue weighted by Gasteiger charge is 2.50. The van der Waals surface area contributed by atoms with E-state index in [1.54, 1.807) is 54.7 Å². The smallest absolute Gasteiger partial charge is 0.410 e. The number of ether oxygens (including phenoxy) is 3. The molecule has 4 rings (SSSR count). The van der Waals surface area contributed by atoms with E-state index < -0.39 is 52.2 Å². The van der Waals surface area contributed by atoms with Gasteiger partial charge in [-0.15, -0.1) is 0 Å². The van der Waals surface area contributed by atoms with E-state index in [0.29, 0.717) is 18.4 Å². The number of hydrogen-bond acceptors (Lipinski definition) is 7. The molecule has 1 aliphatic heterocycles. The molecule has 228 valence electrons. The van der Waals surface area contributed by atoms with E-state index >= 15 is 4.39 Å². The van der Waals surface area contributed by atoms with Gasteiger partial charge in [-0.1, -0.05) is 17.7 Å². The molecule has 1 saturated carbocycles. The lowest BCUT2D eigenvalue weighted by molar-refractivity contribution is -0.158. The maximum Gasteiger partial charge on any atom is 0.410 e. The molecule has 0 saturated heterocycles. The molecule has 2 aromatic rings. The molecule has 1 atom stereocenters. The summed E-state index contributed by atoms with van der Waals surface area (Å²) in [5, 5.41) is -0.192. The third kappa shape index (κ3) is 6.19. The molecular weight excluding hydrogens is 567 g/mol. The predicted octanol–water partition coefficient (Wildman–Crippen LogP) is 5.87. The average molecular weight is 605 g/mol. The number of halogens is 2. The van der Waals surface area contributed by atoms with Crippen LogP contribution in [0.3, 0.4) is 0 Å². The Morgan fingerprint density at radius 1 is 1.10 bits per heavy atom. The maximum absolute atomic E-state index is 16.0. The van der Waals surface area contributed by atoms with Crippen molar-refractivity contribution in [1.82, 2.24) is 9.47 Å². The summed E-state index contributed by atoms with van der Waals surface area (Å²) in [6, 6.07) is 3.26. The quantitative estimate of drug-likeness (QED) is 0.300. The molecule has 9 nitrogen and oxygen atoms in total. The Morgan fingerprint density at radius 2 is 1.71 bits per heavy atom. The Kier molecular flexibility index (Phi) is 8.28. The molecule has 0 bridgehead atoms. The molecule has 0 radical (unpaired) electrons. The van der Waals surface area contributed by atoms with Gasteiger partial charge in [0.1, 0.15) is 23.1 Å². The van der Waals surface area contributed by atoms with Crippen LogP contribution in [0.4, 0.5) is 9.18 Å². The van der Waals surface area contributed by atoms with Gasteiger partial charge in [-0.3, -0.25) is 9.36 Å². The molecular formula is C31H38ClFN2O7. The second-order valence-electron chi connectivity index (χ2n) is 13.0. The van der Waals surface area contributed by atoms with E-state index in [1.165, 1.54) is 22.6 Å². The third-order valence-corrected chi connectivity index (χ3v) is 7.86. The Balaban J connectivity index is 1.85. The number of pyridine rings is 1. The van der Waals surface area contributed by atoms with Crippen molar-refractivity contribution in [2.75, 3.05) is 14.2 Å². The summed E-state index contributed by atoms with van der Waals surface area (Å²) < 4.78 is 33.4. The van der Waals surface area contributed by atoms with Crippen LogP contribution in [0.2, 0.25) is 5.02 Å². The summed E-state index contributed by atoms with van der Waals surface area (Å²) in [6.07, 6.45) is 1.45. The van der Waals surface area contributed by atoms with Crippen LogP contribution in [-0.2, 0) is 31.8 Å². The first kappa shape index (κ1) is 31.5. The van der Waals surface area contributed by atoms with Crippen LogP contribution in [0.5, 0.6) is 0 Å². The van der Waals surface area contributed by atoms with Crippen molar-refractivity contribution in [3.05, 3.63) is 56.2 Å². The van der Waals surface area contributed by atoms with Crippen molar-refractivity contribution in [1.29, 1.82) is 0 Å². The minimum absolute atomic E-state index is 0.0177. The number of likely N-dealkylation sites (N-methyl/N-ethyl adjacent to an activating group) is 1. The molecule has 1 aliphatic carbocycles. The van der Waals surface area contributed by atoms with Gasteiger partial charge in [-0.2, -0.15) is 0 Å². The van der Waals surface area contributed by atoms with Gasteiger partial charge in [0, 0.05) is 29.9 Å². The predicted molar refractivity (Wildman–Crippen MR) is 155 cm³/mol. The number of rotatable bonds is 6. The van der Waals surface area contributed by atoms with E-state index in [-0.39, 0.29) is 46.7 Å². The lowest BCUT2D eigenvalue weighted by Crippen LogP contribution is -2.43. The Bertz CT molecular complexity index is 1500. The molecule has 1 aromatic carbocycles. The molecule has 42 heavy (non-hydrogen) atoms. The number of esters is 2. The Labute approximate surface area is 249 Å². The normalized spacial score (nSPS) is 17.3. The number of fused-ring (bicyclic) bond motifs is 1. The van der Waals surface area contributed by atoms with Crippen molar-refractivity contribution in [2.45, 2.75) is 96.4 Å². The third-order valence-electron chi connectivity index (χ3n) is 7.56. The second-order valence-corrected chi connectivity index (χ2v) is 13.4. The number of methoxy groups -OCH3 is 1. The lowest BCUT2D eigenvalue weighted by Gasteiger charge is -2.31. The minimum atomic E-state index is -0.940.